The summed E-state index contributed by atoms with van der Waals surface area (Å²) in [5, 5.41) is 5.66. The molecule has 3 amide bonds. The molecule has 1 aromatic carbocycles. The van der Waals surface area contributed by atoms with Gasteiger partial charge in [-0.25, -0.2) is 13.2 Å². The second kappa shape index (κ2) is 7.24. The van der Waals surface area contributed by atoms with Crippen LogP contribution in [0.3, 0.4) is 0 Å². The van der Waals surface area contributed by atoms with Crippen molar-refractivity contribution < 1.29 is 18.0 Å². The molecule has 0 aromatic heterocycles. The van der Waals surface area contributed by atoms with E-state index in [0.29, 0.717) is 26.2 Å². The lowest BCUT2D eigenvalue weighted by Gasteiger charge is -2.32. The summed E-state index contributed by atoms with van der Waals surface area (Å²) in [6, 6.07) is 9.32. The lowest BCUT2D eigenvalue weighted by molar-refractivity contribution is -0.119. The van der Waals surface area contributed by atoms with Gasteiger partial charge in [0.05, 0.1) is 6.26 Å². The van der Waals surface area contributed by atoms with Gasteiger partial charge in [0.25, 0.3) is 0 Å². The van der Waals surface area contributed by atoms with E-state index in [4.69, 9.17) is 0 Å². The quantitative estimate of drug-likeness (QED) is 0.770. The maximum atomic E-state index is 12.6. The number of urea groups is 1. The minimum Gasteiger partial charge on any atom is -0.355 e. The van der Waals surface area contributed by atoms with E-state index in [1.54, 1.807) is 4.90 Å². The first kappa shape index (κ1) is 18.7. The summed E-state index contributed by atoms with van der Waals surface area (Å²) in [5.74, 6) is -0.106. The molecule has 2 aliphatic rings. The van der Waals surface area contributed by atoms with E-state index in [9.17, 15) is 18.0 Å². The average Bonchev–Trinajstić information content (AvgIpc) is 2.83. The zero-order valence-corrected chi connectivity index (χ0v) is 15.6. The van der Waals surface area contributed by atoms with Crippen LogP contribution in [0.1, 0.15) is 12.0 Å². The van der Waals surface area contributed by atoms with Gasteiger partial charge >= 0.3 is 6.03 Å². The molecule has 0 radical (unpaired) electrons. The monoisotopic (exact) mass is 380 g/mol. The predicted octanol–water partition coefficient (Wildman–Crippen LogP) is -0.0203. The molecule has 0 saturated carbocycles. The van der Waals surface area contributed by atoms with Crippen LogP contribution in [-0.2, 0) is 21.4 Å². The average molecular weight is 380 g/mol. The van der Waals surface area contributed by atoms with E-state index >= 15 is 0 Å². The van der Waals surface area contributed by atoms with Crippen molar-refractivity contribution in [3.63, 3.8) is 0 Å². The van der Waals surface area contributed by atoms with Gasteiger partial charge in [0.1, 0.15) is 0 Å². The molecule has 0 aliphatic carbocycles. The second-order valence-electron chi connectivity index (χ2n) is 7.12. The van der Waals surface area contributed by atoms with Crippen LogP contribution in [0.15, 0.2) is 30.3 Å². The molecule has 2 saturated heterocycles. The van der Waals surface area contributed by atoms with Gasteiger partial charge in [0.15, 0.2) is 0 Å². The van der Waals surface area contributed by atoms with E-state index < -0.39 is 15.4 Å². The maximum Gasteiger partial charge on any atom is 0.317 e. The second-order valence-corrected chi connectivity index (χ2v) is 9.10. The highest BCUT2D eigenvalue weighted by Crippen LogP contribution is 2.31. The van der Waals surface area contributed by atoms with Gasteiger partial charge in [-0.1, -0.05) is 30.3 Å². The van der Waals surface area contributed by atoms with Gasteiger partial charge < -0.3 is 15.5 Å². The van der Waals surface area contributed by atoms with Crippen molar-refractivity contribution in [2.75, 3.05) is 39.0 Å². The molecule has 3 rings (SSSR count). The Kier molecular flexibility index (Phi) is 5.19. The van der Waals surface area contributed by atoms with E-state index in [1.165, 1.54) is 4.31 Å². The number of carbonyl (C=O) groups is 2. The van der Waals surface area contributed by atoms with Crippen molar-refractivity contribution in [1.29, 1.82) is 0 Å². The predicted molar refractivity (Wildman–Crippen MR) is 96.7 cm³/mol. The van der Waals surface area contributed by atoms with Crippen molar-refractivity contribution in [3.8, 4) is 0 Å². The SMILES string of the molecule is CS(=O)(=O)N1CCN(C(=O)NCc2ccccc2)CC2(CNC(=O)C2)C1. The molecule has 2 heterocycles. The molecule has 1 unspecified atom stereocenters. The van der Waals surface area contributed by atoms with Crippen LogP contribution in [0.2, 0.25) is 0 Å². The highest BCUT2D eigenvalue weighted by Gasteiger charge is 2.45. The lowest BCUT2D eigenvalue weighted by atomic mass is 9.86. The van der Waals surface area contributed by atoms with Gasteiger partial charge in [0.2, 0.25) is 15.9 Å². The smallest absolute Gasteiger partial charge is 0.317 e. The highest BCUT2D eigenvalue weighted by atomic mass is 32.2. The summed E-state index contributed by atoms with van der Waals surface area (Å²) in [7, 11) is -3.40. The number of hydrogen-bond donors (Lipinski definition) is 2. The van der Waals surface area contributed by atoms with Crippen molar-refractivity contribution in [2.24, 2.45) is 5.41 Å². The zero-order valence-electron chi connectivity index (χ0n) is 14.8. The number of benzene rings is 1. The number of nitrogens with zero attached hydrogens (tertiary/aromatic N) is 2. The summed E-state index contributed by atoms with van der Waals surface area (Å²) in [5.41, 5.74) is 0.404. The number of rotatable bonds is 3. The van der Waals surface area contributed by atoms with E-state index in [0.717, 1.165) is 11.8 Å². The largest absolute Gasteiger partial charge is 0.355 e. The first-order valence-electron chi connectivity index (χ1n) is 8.56. The van der Waals surface area contributed by atoms with Crippen LogP contribution >= 0.6 is 0 Å². The summed E-state index contributed by atoms with van der Waals surface area (Å²) in [6.07, 6.45) is 1.39. The summed E-state index contributed by atoms with van der Waals surface area (Å²) in [6.45, 7) is 1.89. The fourth-order valence-corrected chi connectivity index (χ4v) is 4.46. The molecule has 142 valence electrons. The fourth-order valence-electron chi connectivity index (χ4n) is 3.54. The molecule has 1 spiro atoms. The molecule has 8 nitrogen and oxygen atoms in total. The maximum absolute atomic E-state index is 12.6. The third-order valence-corrected chi connectivity index (χ3v) is 6.15. The summed E-state index contributed by atoms with van der Waals surface area (Å²) in [4.78, 5) is 26.0. The Labute approximate surface area is 153 Å². The van der Waals surface area contributed by atoms with Crippen LogP contribution < -0.4 is 10.6 Å². The first-order chi connectivity index (χ1) is 12.3. The standard InChI is InChI=1S/C17H24N4O4S/c1-26(24,25)21-8-7-20(12-17(13-21)9-15(22)19-11-17)16(23)18-10-14-5-3-2-4-6-14/h2-6H,7-13H2,1H3,(H,18,23)(H,19,22). The van der Waals surface area contributed by atoms with Gasteiger partial charge in [-0.2, -0.15) is 4.31 Å². The number of nitrogens with one attached hydrogen (secondary N) is 2. The summed E-state index contributed by atoms with van der Waals surface area (Å²) >= 11 is 0. The van der Waals surface area contributed by atoms with Gasteiger partial charge in [-0.3, -0.25) is 4.79 Å². The first-order valence-corrected chi connectivity index (χ1v) is 10.4. The topological polar surface area (TPSA) is 98.8 Å². The fraction of sp³-hybridized carbons (Fsp3) is 0.529. The van der Waals surface area contributed by atoms with Crippen LogP contribution in [-0.4, -0.2) is 68.5 Å². The van der Waals surface area contributed by atoms with Gasteiger partial charge in [-0.15, -0.1) is 0 Å². The number of sulfonamides is 1. The Bertz CT molecular complexity index is 783. The van der Waals surface area contributed by atoms with Crippen LogP contribution in [0.5, 0.6) is 0 Å². The van der Waals surface area contributed by atoms with Crippen molar-refractivity contribution in [1.82, 2.24) is 19.8 Å². The molecule has 2 N–H and O–H groups in total. The minimum atomic E-state index is -3.40. The van der Waals surface area contributed by atoms with Crippen molar-refractivity contribution in [2.45, 2.75) is 13.0 Å². The minimum absolute atomic E-state index is 0.106. The Balaban J connectivity index is 1.72. The normalized spacial score (nSPS) is 24.3. The third-order valence-electron chi connectivity index (χ3n) is 4.90. The van der Waals surface area contributed by atoms with Crippen molar-refractivity contribution in [3.05, 3.63) is 35.9 Å². The lowest BCUT2D eigenvalue weighted by Crippen LogP contribution is -2.47. The van der Waals surface area contributed by atoms with Crippen LogP contribution in [0.4, 0.5) is 4.79 Å². The van der Waals surface area contributed by atoms with Crippen LogP contribution in [0, 0.1) is 5.41 Å². The molecule has 9 heteroatoms. The molecule has 2 fully saturated rings. The molecule has 26 heavy (non-hydrogen) atoms. The summed E-state index contributed by atoms with van der Waals surface area (Å²) < 4.78 is 25.5. The molecule has 0 bridgehead atoms. The Hall–Kier alpha value is -2.13. The Morgan fingerprint density at radius 1 is 1.23 bits per heavy atom. The highest BCUT2D eigenvalue weighted by molar-refractivity contribution is 7.88. The molecule has 1 aromatic rings. The number of amides is 3. The van der Waals surface area contributed by atoms with Gasteiger partial charge in [-0.05, 0) is 5.56 Å². The number of hydrogen-bond acceptors (Lipinski definition) is 4. The van der Waals surface area contributed by atoms with E-state index in [2.05, 4.69) is 10.6 Å². The van der Waals surface area contributed by atoms with Crippen molar-refractivity contribution >= 4 is 22.0 Å². The molecular weight excluding hydrogens is 356 g/mol. The third kappa shape index (κ3) is 4.34. The molecule has 2 aliphatic heterocycles. The molecular formula is C17H24N4O4S. The van der Waals surface area contributed by atoms with Gasteiger partial charge in [0, 0.05) is 51.1 Å². The number of carbonyl (C=O) groups excluding carboxylic acids is 2. The molecule has 1 atom stereocenters. The van der Waals surface area contributed by atoms with E-state index in [1.807, 2.05) is 30.3 Å². The Morgan fingerprint density at radius 3 is 2.58 bits per heavy atom. The Morgan fingerprint density at radius 2 is 1.96 bits per heavy atom. The van der Waals surface area contributed by atoms with Crippen LogP contribution in [0.25, 0.3) is 0 Å². The zero-order chi connectivity index (χ0) is 18.8. The van der Waals surface area contributed by atoms with E-state index in [-0.39, 0.29) is 31.4 Å².